The lowest BCUT2D eigenvalue weighted by molar-refractivity contribution is -0.122. The highest BCUT2D eigenvalue weighted by atomic mass is 32.2. The summed E-state index contributed by atoms with van der Waals surface area (Å²) in [4.78, 5) is 44.1. The van der Waals surface area contributed by atoms with Gasteiger partial charge in [-0.2, -0.15) is 0 Å². The van der Waals surface area contributed by atoms with Gasteiger partial charge >= 0.3 is 0 Å². The fourth-order valence-electron chi connectivity index (χ4n) is 4.43. The number of carbonyl (C=O) groups is 3. The number of hydrogen-bond donors (Lipinski definition) is 1. The molecule has 1 atom stereocenters. The fourth-order valence-corrected chi connectivity index (χ4v) is 5.55. The fraction of sp³-hybridized carbons (Fsp3) is 0.222. The zero-order valence-corrected chi connectivity index (χ0v) is 19.7. The van der Waals surface area contributed by atoms with E-state index >= 15 is 0 Å². The lowest BCUT2D eigenvalue weighted by atomic mass is 10.1. The summed E-state index contributed by atoms with van der Waals surface area (Å²) in [6.07, 6.45) is 1.02. The Morgan fingerprint density at radius 2 is 1.76 bits per heavy atom. The van der Waals surface area contributed by atoms with Crippen LogP contribution in [0.25, 0.3) is 0 Å². The molecule has 0 spiro atoms. The van der Waals surface area contributed by atoms with Gasteiger partial charge in [-0.15, -0.1) is 0 Å². The van der Waals surface area contributed by atoms with E-state index in [1.807, 2.05) is 84.6 Å². The Kier molecular flexibility index (Phi) is 6.11. The number of nitrogens with zero attached hydrogens (tertiary/aromatic N) is 2. The van der Waals surface area contributed by atoms with Gasteiger partial charge in [0.15, 0.2) is 0 Å². The van der Waals surface area contributed by atoms with Crippen molar-refractivity contribution in [3.8, 4) is 0 Å². The summed E-state index contributed by atoms with van der Waals surface area (Å²) in [6, 6.07) is 22.7. The van der Waals surface area contributed by atoms with E-state index in [2.05, 4.69) is 5.32 Å². The van der Waals surface area contributed by atoms with Gasteiger partial charge in [-0.05, 0) is 48.9 Å². The van der Waals surface area contributed by atoms with Gasteiger partial charge in [-0.25, -0.2) is 0 Å². The topological polar surface area (TPSA) is 69.7 Å². The molecule has 1 N–H and O–H groups in total. The van der Waals surface area contributed by atoms with Crippen molar-refractivity contribution in [1.29, 1.82) is 0 Å². The average molecular weight is 472 g/mol. The first kappa shape index (κ1) is 22.2. The van der Waals surface area contributed by atoms with Gasteiger partial charge in [0.2, 0.25) is 11.8 Å². The van der Waals surface area contributed by atoms with Crippen molar-refractivity contribution < 1.29 is 14.4 Å². The van der Waals surface area contributed by atoms with Crippen LogP contribution in [0.3, 0.4) is 0 Å². The summed E-state index contributed by atoms with van der Waals surface area (Å²) in [5, 5.41) is 2.99. The molecule has 1 saturated heterocycles. The summed E-state index contributed by atoms with van der Waals surface area (Å²) in [5.41, 5.74) is 3.00. The summed E-state index contributed by atoms with van der Waals surface area (Å²) < 4.78 is 0. The predicted octanol–water partition coefficient (Wildman–Crippen LogP) is 5.20. The zero-order chi connectivity index (χ0) is 23.7. The maximum atomic E-state index is 13.2. The van der Waals surface area contributed by atoms with Gasteiger partial charge in [0.25, 0.3) is 5.91 Å². The van der Waals surface area contributed by atoms with E-state index in [1.54, 1.807) is 4.90 Å². The molecule has 3 amide bonds. The zero-order valence-electron chi connectivity index (χ0n) is 18.9. The van der Waals surface area contributed by atoms with E-state index in [-0.39, 0.29) is 24.1 Å². The van der Waals surface area contributed by atoms with Crippen LogP contribution in [0.5, 0.6) is 0 Å². The van der Waals surface area contributed by atoms with Gasteiger partial charge in [0.1, 0.15) is 0 Å². The second kappa shape index (κ2) is 9.35. The molecular weight excluding hydrogens is 446 g/mol. The lowest BCUT2D eigenvalue weighted by Crippen LogP contribution is -2.31. The second-order valence-corrected chi connectivity index (χ2v) is 9.55. The summed E-state index contributed by atoms with van der Waals surface area (Å²) in [6.45, 7) is 3.03. The molecule has 0 saturated carbocycles. The Morgan fingerprint density at radius 1 is 1.00 bits per heavy atom. The van der Waals surface area contributed by atoms with Crippen molar-refractivity contribution >= 4 is 46.5 Å². The lowest BCUT2D eigenvalue weighted by Gasteiger charge is -2.23. The van der Waals surface area contributed by atoms with E-state index in [0.717, 1.165) is 27.6 Å². The number of carbonyl (C=O) groups excluding carboxylic acids is 3. The summed E-state index contributed by atoms with van der Waals surface area (Å²) in [5.74, 6) is -0.648. The third-order valence-corrected chi connectivity index (χ3v) is 7.23. The molecule has 34 heavy (non-hydrogen) atoms. The minimum Gasteiger partial charge on any atom is -0.326 e. The van der Waals surface area contributed by atoms with Crippen LogP contribution in [0, 0.1) is 5.92 Å². The van der Waals surface area contributed by atoms with Crippen molar-refractivity contribution in [2.75, 3.05) is 28.2 Å². The minimum absolute atomic E-state index is 0.00837. The van der Waals surface area contributed by atoms with Crippen molar-refractivity contribution in [2.45, 2.75) is 29.6 Å². The van der Waals surface area contributed by atoms with Gasteiger partial charge in [0.05, 0.1) is 17.2 Å². The second-order valence-electron chi connectivity index (χ2n) is 8.47. The molecular formula is C27H25N3O3S. The Morgan fingerprint density at radius 3 is 2.56 bits per heavy atom. The molecule has 7 heteroatoms. The third-order valence-electron chi connectivity index (χ3n) is 6.11. The smallest absolute Gasteiger partial charge is 0.259 e. The molecule has 3 aromatic carbocycles. The molecule has 3 aromatic rings. The van der Waals surface area contributed by atoms with Crippen LogP contribution >= 0.6 is 11.8 Å². The van der Waals surface area contributed by atoms with Crippen LogP contribution in [0.1, 0.15) is 30.1 Å². The van der Waals surface area contributed by atoms with Crippen LogP contribution in [0.4, 0.5) is 17.1 Å². The standard InChI is InChI=1S/C27H25N3O3S/c1-2-14-29-22-13-12-19(16-24(22)34-23-11-7-6-10-21(23)27(29)33)28-26(32)18-15-25(31)30(17-18)20-8-4-3-5-9-20/h3-13,16,18H,2,14-15,17H2,1H3,(H,28,32). The Balaban J connectivity index is 1.38. The number of fused-ring (bicyclic) bond motifs is 2. The van der Waals surface area contributed by atoms with Crippen molar-refractivity contribution in [3.63, 3.8) is 0 Å². The molecule has 1 unspecified atom stereocenters. The number of anilines is 3. The first-order chi connectivity index (χ1) is 16.5. The molecule has 0 radical (unpaired) electrons. The van der Waals surface area contributed by atoms with E-state index in [4.69, 9.17) is 0 Å². The molecule has 2 aliphatic rings. The van der Waals surface area contributed by atoms with Crippen LogP contribution < -0.4 is 15.1 Å². The van der Waals surface area contributed by atoms with Gasteiger partial charge < -0.3 is 15.1 Å². The summed E-state index contributed by atoms with van der Waals surface area (Å²) >= 11 is 1.53. The van der Waals surface area contributed by atoms with Crippen LogP contribution in [0.2, 0.25) is 0 Å². The number of benzene rings is 3. The molecule has 2 heterocycles. The van der Waals surface area contributed by atoms with Gasteiger partial charge in [-0.1, -0.05) is 49.0 Å². The highest BCUT2D eigenvalue weighted by molar-refractivity contribution is 7.99. The third kappa shape index (κ3) is 4.19. The number of hydrogen-bond acceptors (Lipinski definition) is 4. The first-order valence-electron chi connectivity index (χ1n) is 11.4. The van der Waals surface area contributed by atoms with Crippen LogP contribution in [-0.4, -0.2) is 30.8 Å². The molecule has 1 fully saturated rings. The van der Waals surface area contributed by atoms with E-state index in [1.165, 1.54) is 11.8 Å². The Labute approximate surface area is 202 Å². The molecule has 2 aliphatic heterocycles. The van der Waals surface area contributed by atoms with Crippen molar-refractivity contribution in [3.05, 3.63) is 78.4 Å². The highest BCUT2D eigenvalue weighted by Crippen LogP contribution is 2.42. The van der Waals surface area contributed by atoms with Crippen molar-refractivity contribution in [1.82, 2.24) is 0 Å². The minimum atomic E-state index is -0.418. The largest absolute Gasteiger partial charge is 0.326 e. The van der Waals surface area contributed by atoms with E-state index < -0.39 is 5.92 Å². The molecule has 0 bridgehead atoms. The molecule has 0 aliphatic carbocycles. The average Bonchev–Trinajstić information content (AvgIpc) is 3.20. The maximum absolute atomic E-state index is 13.2. The monoisotopic (exact) mass is 471 g/mol. The number of para-hydroxylation sites is 1. The van der Waals surface area contributed by atoms with Crippen molar-refractivity contribution in [2.24, 2.45) is 5.92 Å². The molecule has 5 rings (SSSR count). The number of amides is 3. The van der Waals surface area contributed by atoms with E-state index in [9.17, 15) is 14.4 Å². The quantitative estimate of drug-likeness (QED) is 0.555. The Hall–Kier alpha value is -3.58. The molecule has 0 aromatic heterocycles. The normalized spacial score (nSPS) is 17.3. The van der Waals surface area contributed by atoms with Crippen LogP contribution in [-0.2, 0) is 9.59 Å². The first-order valence-corrected chi connectivity index (χ1v) is 12.3. The van der Waals surface area contributed by atoms with Gasteiger partial charge in [0, 0.05) is 40.7 Å². The maximum Gasteiger partial charge on any atom is 0.259 e. The number of nitrogens with one attached hydrogen (secondary N) is 1. The van der Waals surface area contributed by atoms with Crippen LogP contribution in [0.15, 0.2) is 82.6 Å². The Bertz CT molecular complexity index is 1260. The van der Waals surface area contributed by atoms with Gasteiger partial charge in [-0.3, -0.25) is 14.4 Å². The summed E-state index contributed by atoms with van der Waals surface area (Å²) in [7, 11) is 0. The van der Waals surface area contributed by atoms with E-state index in [0.29, 0.717) is 24.3 Å². The SMILES string of the molecule is CCCN1C(=O)c2ccccc2Sc2cc(NC(=O)C3CC(=O)N(c4ccccc4)C3)ccc21. The highest BCUT2D eigenvalue weighted by Gasteiger charge is 2.35. The number of rotatable bonds is 5. The molecule has 172 valence electrons. The predicted molar refractivity (Wildman–Crippen MR) is 135 cm³/mol. The molecule has 6 nitrogen and oxygen atoms in total.